The van der Waals surface area contributed by atoms with Gasteiger partial charge in [-0.2, -0.15) is 0 Å². The summed E-state index contributed by atoms with van der Waals surface area (Å²) in [5.41, 5.74) is 0.449. The summed E-state index contributed by atoms with van der Waals surface area (Å²) in [5.74, 6) is -1.85. The number of hydrogen-bond acceptors (Lipinski definition) is 4. The van der Waals surface area contributed by atoms with E-state index in [2.05, 4.69) is 24.1 Å². The lowest BCUT2D eigenvalue weighted by atomic mass is 9.83. The number of nitrogens with one attached hydrogen (secondary N) is 1. The predicted molar refractivity (Wildman–Crippen MR) is 89.5 cm³/mol. The summed E-state index contributed by atoms with van der Waals surface area (Å²) in [6.45, 7) is 4.53. The van der Waals surface area contributed by atoms with Crippen LogP contribution in [0.3, 0.4) is 0 Å². The third-order valence-corrected chi connectivity index (χ3v) is 4.92. The first-order valence-electron chi connectivity index (χ1n) is 8.68. The van der Waals surface area contributed by atoms with Crippen molar-refractivity contribution in [1.29, 1.82) is 0 Å². The maximum absolute atomic E-state index is 14.3. The van der Waals surface area contributed by atoms with E-state index in [-0.39, 0.29) is 24.8 Å². The van der Waals surface area contributed by atoms with Gasteiger partial charge in [-0.1, -0.05) is 12.8 Å². The van der Waals surface area contributed by atoms with Crippen LogP contribution in [0.2, 0.25) is 0 Å². The van der Waals surface area contributed by atoms with Crippen LogP contribution in [0, 0.1) is 11.6 Å². The highest BCUT2D eigenvalue weighted by Gasteiger charge is 2.40. The van der Waals surface area contributed by atoms with Gasteiger partial charge in [0, 0.05) is 42.0 Å². The van der Waals surface area contributed by atoms with Crippen molar-refractivity contribution in [2.24, 2.45) is 0 Å². The number of ether oxygens (including phenoxy) is 1. The summed E-state index contributed by atoms with van der Waals surface area (Å²) in [7, 11) is 0. The van der Waals surface area contributed by atoms with E-state index in [0.29, 0.717) is 18.3 Å². The summed E-state index contributed by atoms with van der Waals surface area (Å²) in [5, 5.41) is 12.5. The van der Waals surface area contributed by atoms with Crippen LogP contribution in [0.5, 0.6) is 5.75 Å². The van der Waals surface area contributed by atoms with Gasteiger partial charge in [0.2, 0.25) is 0 Å². The molecule has 0 amide bonds. The molecule has 1 aromatic carbocycles. The Morgan fingerprint density at radius 3 is 2.58 bits per heavy atom. The van der Waals surface area contributed by atoms with Gasteiger partial charge < -0.3 is 20.1 Å². The molecule has 6 heteroatoms. The van der Waals surface area contributed by atoms with Crippen molar-refractivity contribution in [1.82, 2.24) is 5.32 Å². The van der Waals surface area contributed by atoms with Crippen LogP contribution in [0.4, 0.5) is 14.5 Å². The number of rotatable bonds is 4. The monoisotopic (exact) mass is 340 g/mol. The first kappa shape index (κ1) is 17.4. The average molecular weight is 340 g/mol. The molecule has 0 unspecified atom stereocenters. The molecule has 0 spiro atoms. The van der Waals surface area contributed by atoms with E-state index in [9.17, 15) is 8.78 Å². The summed E-state index contributed by atoms with van der Waals surface area (Å²) in [6, 6.07) is 3.31. The molecule has 0 radical (unpaired) electrons. The number of aliphatic hydroxyl groups is 1. The molecule has 134 valence electrons. The highest BCUT2D eigenvalue weighted by Crippen LogP contribution is 2.36. The van der Waals surface area contributed by atoms with Crippen molar-refractivity contribution < 1.29 is 18.6 Å². The van der Waals surface area contributed by atoms with Gasteiger partial charge in [-0.15, -0.1) is 0 Å². The Balaban J connectivity index is 1.91. The Hall–Kier alpha value is -1.40. The minimum absolute atomic E-state index is 0.114. The molecule has 3 rings (SSSR count). The van der Waals surface area contributed by atoms with Crippen molar-refractivity contribution in [2.75, 3.05) is 24.7 Å². The lowest BCUT2D eigenvalue weighted by molar-refractivity contribution is 0.190. The standard InChI is InChI=1S/C18H26F2N2O2/c1-18(2)11-22(16-6-4-3-5-15(16)21-18)12-9-13(19)17(14(20)10-12)24-8-7-23/h9-10,15-16,21,23H,3-8,11H2,1-2H3/t15-,16-/m1/s1. The summed E-state index contributed by atoms with van der Waals surface area (Å²) >= 11 is 0. The number of benzene rings is 1. The molecular weight excluding hydrogens is 314 g/mol. The first-order chi connectivity index (χ1) is 11.4. The second kappa shape index (κ2) is 6.84. The molecule has 0 bridgehead atoms. The van der Waals surface area contributed by atoms with Gasteiger partial charge in [0.25, 0.3) is 0 Å². The van der Waals surface area contributed by atoms with E-state index in [1.54, 1.807) is 0 Å². The topological polar surface area (TPSA) is 44.7 Å². The normalized spacial score (nSPS) is 26.1. The van der Waals surface area contributed by atoms with Crippen molar-refractivity contribution in [2.45, 2.75) is 57.2 Å². The molecule has 2 atom stereocenters. The van der Waals surface area contributed by atoms with Gasteiger partial charge in [0.05, 0.1) is 6.61 Å². The van der Waals surface area contributed by atoms with Crippen LogP contribution >= 0.6 is 0 Å². The molecule has 2 fully saturated rings. The molecule has 1 aromatic rings. The highest BCUT2D eigenvalue weighted by atomic mass is 19.1. The summed E-state index contributed by atoms with van der Waals surface area (Å²) < 4.78 is 33.6. The third-order valence-electron chi connectivity index (χ3n) is 4.92. The zero-order valence-electron chi connectivity index (χ0n) is 14.3. The van der Waals surface area contributed by atoms with Crippen molar-refractivity contribution >= 4 is 5.69 Å². The van der Waals surface area contributed by atoms with Crippen LogP contribution in [0.15, 0.2) is 12.1 Å². The fraction of sp³-hybridized carbons (Fsp3) is 0.667. The molecule has 1 saturated carbocycles. The van der Waals surface area contributed by atoms with Crippen LogP contribution in [-0.4, -0.2) is 42.5 Å². The fourth-order valence-corrected chi connectivity index (χ4v) is 4.02. The van der Waals surface area contributed by atoms with E-state index in [0.717, 1.165) is 19.3 Å². The summed E-state index contributed by atoms with van der Waals surface area (Å²) in [6.07, 6.45) is 4.45. The molecule has 2 aliphatic rings. The van der Waals surface area contributed by atoms with Crippen LogP contribution in [-0.2, 0) is 0 Å². The molecule has 1 aliphatic carbocycles. The Morgan fingerprint density at radius 2 is 1.92 bits per heavy atom. The number of aliphatic hydroxyl groups excluding tert-OH is 1. The Kier molecular flexibility index (Phi) is 4.97. The lowest BCUT2D eigenvalue weighted by Crippen LogP contribution is -2.67. The molecular formula is C18H26F2N2O2. The minimum Gasteiger partial charge on any atom is -0.485 e. The zero-order valence-corrected chi connectivity index (χ0v) is 14.3. The van der Waals surface area contributed by atoms with Gasteiger partial charge >= 0.3 is 0 Å². The Labute approximate surface area is 141 Å². The van der Waals surface area contributed by atoms with Crippen molar-refractivity contribution in [3.63, 3.8) is 0 Å². The molecule has 1 heterocycles. The quantitative estimate of drug-likeness (QED) is 0.885. The van der Waals surface area contributed by atoms with E-state index < -0.39 is 17.4 Å². The third kappa shape index (κ3) is 3.49. The van der Waals surface area contributed by atoms with Gasteiger partial charge in [-0.05, 0) is 26.7 Å². The maximum Gasteiger partial charge on any atom is 0.190 e. The van der Waals surface area contributed by atoms with Gasteiger partial charge in [0.15, 0.2) is 17.4 Å². The second-order valence-corrected chi connectivity index (χ2v) is 7.43. The molecule has 1 aliphatic heterocycles. The molecule has 0 aromatic heterocycles. The van der Waals surface area contributed by atoms with Gasteiger partial charge in [-0.3, -0.25) is 0 Å². The number of nitrogens with zero attached hydrogens (tertiary/aromatic N) is 1. The molecule has 4 nitrogen and oxygen atoms in total. The fourth-order valence-electron chi connectivity index (χ4n) is 4.02. The van der Waals surface area contributed by atoms with Crippen LogP contribution < -0.4 is 15.0 Å². The smallest absolute Gasteiger partial charge is 0.190 e. The molecule has 1 saturated heterocycles. The zero-order chi connectivity index (χ0) is 17.3. The number of anilines is 1. The number of piperazine rings is 1. The largest absolute Gasteiger partial charge is 0.485 e. The highest BCUT2D eigenvalue weighted by molar-refractivity contribution is 5.53. The first-order valence-corrected chi connectivity index (χ1v) is 8.68. The van der Waals surface area contributed by atoms with Gasteiger partial charge in [-0.25, -0.2) is 8.78 Å². The number of fused-ring (bicyclic) bond motifs is 1. The lowest BCUT2D eigenvalue weighted by Gasteiger charge is -2.52. The van der Waals surface area contributed by atoms with Crippen molar-refractivity contribution in [3.05, 3.63) is 23.8 Å². The minimum atomic E-state index is -0.720. The van der Waals surface area contributed by atoms with E-state index in [1.807, 2.05) is 0 Å². The molecule has 24 heavy (non-hydrogen) atoms. The Bertz CT molecular complexity index is 571. The molecule has 2 N–H and O–H groups in total. The van der Waals surface area contributed by atoms with E-state index >= 15 is 0 Å². The van der Waals surface area contributed by atoms with Crippen molar-refractivity contribution in [3.8, 4) is 5.75 Å². The SMILES string of the molecule is CC1(C)CN(c2cc(F)c(OCCO)c(F)c2)[C@@H]2CCCC[C@H]2N1. The summed E-state index contributed by atoms with van der Waals surface area (Å²) in [4.78, 5) is 2.14. The van der Waals surface area contributed by atoms with E-state index in [1.165, 1.54) is 18.6 Å². The second-order valence-electron chi connectivity index (χ2n) is 7.43. The van der Waals surface area contributed by atoms with Crippen LogP contribution in [0.25, 0.3) is 0 Å². The average Bonchev–Trinajstić information content (AvgIpc) is 2.52. The number of halogens is 2. The predicted octanol–water partition coefficient (Wildman–Crippen LogP) is 2.84. The van der Waals surface area contributed by atoms with E-state index in [4.69, 9.17) is 9.84 Å². The van der Waals surface area contributed by atoms with Gasteiger partial charge in [0.1, 0.15) is 6.61 Å². The number of hydrogen-bond donors (Lipinski definition) is 2. The van der Waals surface area contributed by atoms with Crippen LogP contribution in [0.1, 0.15) is 39.5 Å². The Morgan fingerprint density at radius 1 is 1.25 bits per heavy atom. The maximum atomic E-state index is 14.3.